The van der Waals surface area contributed by atoms with Crippen LogP contribution in [0, 0.1) is 0 Å². The van der Waals surface area contributed by atoms with Crippen molar-refractivity contribution in [2.75, 3.05) is 33.9 Å². The lowest BCUT2D eigenvalue weighted by Gasteiger charge is -1.89. The van der Waals surface area contributed by atoms with E-state index in [-0.39, 0.29) is 19.6 Å². The van der Waals surface area contributed by atoms with E-state index in [9.17, 15) is 18.9 Å². The number of hydrogen-bond acceptors (Lipinski definition) is 8. The van der Waals surface area contributed by atoms with Crippen molar-refractivity contribution in [2.24, 2.45) is 5.73 Å². The molecule has 0 atom stereocenters. The average Bonchev–Trinajstić information content (AvgIpc) is 2.39. The number of carboxylic acids is 2. The summed E-state index contributed by atoms with van der Waals surface area (Å²) >= 11 is 0. The van der Waals surface area contributed by atoms with Gasteiger partial charge in [0, 0.05) is 4.57 Å². The van der Waals surface area contributed by atoms with Gasteiger partial charge in [-0.3, -0.25) is 9.59 Å². The highest BCUT2D eigenvalue weighted by Gasteiger charge is 2.10. The van der Waals surface area contributed by atoms with Gasteiger partial charge in [0.15, 0.2) is 0 Å². The molecule has 5 N–H and O–H groups in total. The fraction of sp³-hybridized carbons (Fsp3) is 0.625. The molecule has 112 valence electrons. The van der Waals surface area contributed by atoms with Gasteiger partial charge in [-0.05, 0) is 0 Å². The molecule has 10 nitrogen and oxygen atoms in total. The van der Waals surface area contributed by atoms with Crippen LogP contribution in [-0.2, 0) is 28.0 Å². The third kappa shape index (κ3) is 38.4. The second kappa shape index (κ2) is 18.9. The summed E-state index contributed by atoms with van der Waals surface area (Å²) in [6.45, 7) is -0.328. The smallest absolute Gasteiger partial charge is 0.480 e. The molecule has 11 heteroatoms. The molecule has 0 spiro atoms. The van der Waals surface area contributed by atoms with Gasteiger partial charge in [0.25, 0.3) is 0 Å². The molecule has 0 aromatic heterocycles. The summed E-state index contributed by atoms with van der Waals surface area (Å²) in [7, 11) is 0.817. The molecule has 19 heavy (non-hydrogen) atoms. The molecule has 0 aliphatic carbocycles. The molecule has 0 bridgehead atoms. The largest absolute Gasteiger partial charge is 0.696 e. The zero-order valence-corrected chi connectivity index (χ0v) is 11.5. The topological polar surface area (TPSA) is 165 Å². The van der Waals surface area contributed by atoms with Gasteiger partial charge in [0.2, 0.25) is 0 Å². The van der Waals surface area contributed by atoms with Gasteiger partial charge in [0.05, 0.1) is 33.9 Å². The van der Waals surface area contributed by atoms with Crippen LogP contribution in [0.15, 0.2) is 0 Å². The summed E-state index contributed by atoms with van der Waals surface area (Å²) in [6.07, 6.45) is 0.614. The van der Waals surface area contributed by atoms with E-state index in [4.69, 9.17) is 10.2 Å². The highest BCUT2D eigenvalue weighted by atomic mass is 31.1. The fourth-order valence-electron chi connectivity index (χ4n) is 0.313. The molecule has 0 fully saturated rings. The molecule has 0 aromatic rings. The van der Waals surface area contributed by atoms with Gasteiger partial charge < -0.3 is 26.1 Å². The van der Waals surface area contributed by atoms with Crippen molar-refractivity contribution in [3.63, 3.8) is 0 Å². The second-order valence-electron chi connectivity index (χ2n) is 2.38. The number of nitrogens with one attached hydrogen (secondary N) is 1. The normalized spacial score (nSPS) is 8.16. The van der Waals surface area contributed by atoms with Gasteiger partial charge in [-0.25, -0.2) is 0 Å². The Morgan fingerprint density at radius 2 is 1.68 bits per heavy atom. The molecular weight excluding hydrogens is 283 g/mol. The molecule has 0 rings (SSSR count). The van der Waals surface area contributed by atoms with Crippen LogP contribution in [0.5, 0.6) is 0 Å². The van der Waals surface area contributed by atoms with Gasteiger partial charge in [-0.15, -0.1) is 9.05 Å². The lowest BCUT2D eigenvalue weighted by Crippen LogP contribution is -2.23. The zero-order chi connectivity index (χ0) is 15.7. The quantitative estimate of drug-likeness (QED) is 0.255. The van der Waals surface area contributed by atoms with E-state index in [1.807, 2.05) is 0 Å². The molecule has 0 radical (unpaired) electrons. The van der Waals surface area contributed by atoms with Crippen LogP contribution in [-0.4, -0.2) is 62.3 Å². The van der Waals surface area contributed by atoms with Crippen molar-refractivity contribution in [2.45, 2.75) is 0 Å². The SMILES string of the molecule is CO[P+](=O)OC.NCC(=O)O.O=CCNCC(=O)O. The van der Waals surface area contributed by atoms with Crippen molar-refractivity contribution in [3.8, 4) is 0 Å². The highest BCUT2D eigenvalue weighted by Crippen LogP contribution is 2.18. The van der Waals surface area contributed by atoms with Crippen molar-refractivity contribution in [1.29, 1.82) is 0 Å². The van der Waals surface area contributed by atoms with Crippen molar-refractivity contribution < 1.29 is 38.2 Å². The minimum absolute atomic E-state index is 0.103. The summed E-state index contributed by atoms with van der Waals surface area (Å²) in [6, 6.07) is 0. The Balaban J connectivity index is -0.000000209. The second-order valence-corrected chi connectivity index (χ2v) is 3.56. The predicted octanol–water partition coefficient (Wildman–Crippen LogP) is -1.17. The first kappa shape index (κ1) is 22.7. The first-order chi connectivity index (χ1) is 8.85. The number of carbonyl (C=O) groups is 3. The standard InChI is InChI=1S/C4H7NO3.C2H5NO2.C2H6O3P/c6-2-1-5-3-4(7)8;3-1-2(4)5;1-4-6(3)5-2/h2,5H,1,3H2,(H,7,8);1,3H2,(H,4,5);1-2H3/q;;+1. The van der Waals surface area contributed by atoms with Crippen LogP contribution in [0.3, 0.4) is 0 Å². The molecule has 0 amide bonds. The number of rotatable bonds is 7. The van der Waals surface area contributed by atoms with E-state index in [2.05, 4.69) is 20.1 Å². The molecule has 0 saturated heterocycles. The third-order valence-electron chi connectivity index (χ3n) is 0.977. The summed E-state index contributed by atoms with van der Waals surface area (Å²) in [5, 5.41) is 17.9. The predicted molar refractivity (Wildman–Crippen MR) is 64.9 cm³/mol. The van der Waals surface area contributed by atoms with E-state index < -0.39 is 20.2 Å². The molecule has 0 aliphatic rings. The van der Waals surface area contributed by atoms with Crippen LogP contribution in [0.1, 0.15) is 0 Å². The van der Waals surface area contributed by atoms with Gasteiger partial charge in [-0.1, -0.05) is 0 Å². The first-order valence-electron chi connectivity index (χ1n) is 4.69. The third-order valence-corrected chi connectivity index (χ3v) is 1.57. The maximum Gasteiger partial charge on any atom is 0.696 e. The molecule has 0 saturated carbocycles. The first-order valence-corrected chi connectivity index (χ1v) is 5.78. The number of aliphatic carboxylic acids is 2. The van der Waals surface area contributed by atoms with E-state index in [0.29, 0.717) is 6.29 Å². The minimum Gasteiger partial charge on any atom is -0.480 e. The maximum absolute atomic E-state index is 9.88. The Labute approximate surface area is 110 Å². The van der Waals surface area contributed by atoms with Crippen LogP contribution in [0.4, 0.5) is 0 Å². The van der Waals surface area contributed by atoms with Gasteiger partial charge >= 0.3 is 20.2 Å². The lowest BCUT2D eigenvalue weighted by atomic mass is 10.6. The molecule has 0 unspecified atom stereocenters. The Morgan fingerprint density at radius 1 is 1.26 bits per heavy atom. The van der Waals surface area contributed by atoms with Crippen LogP contribution >= 0.6 is 8.25 Å². The average molecular weight is 301 g/mol. The fourth-order valence-corrected chi connectivity index (χ4v) is 0.462. The van der Waals surface area contributed by atoms with E-state index in [1.54, 1.807) is 0 Å². The minimum atomic E-state index is -1.83. The summed E-state index contributed by atoms with van der Waals surface area (Å²) in [5.41, 5.74) is 4.57. The monoisotopic (exact) mass is 301 g/mol. The summed E-state index contributed by atoms with van der Waals surface area (Å²) in [5.74, 6) is -1.92. The molecular formula is C8H18N2O8P+. The van der Waals surface area contributed by atoms with E-state index in [1.165, 1.54) is 14.2 Å². The Kier molecular flexibility index (Phi) is 22.6. The van der Waals surface area contributed by atoms with Crippen LogP contribution in [0.25, 0.3) is 0 Å². The summed E-state index contributed by atoms with van der Waals surface area (Å²) < 4.78 is 18.3. The van der Waals surface area contributed by atoms with Crippen LogP contribution < -0.4 is 11.1 Å². The van der Waals surface area contributed by atoms with Gasteiger partial charge in [-0.2, -0.15) is 0 Å². The van der Waals surface area contributed by atoms with E-state index >= 15 is 0 Å². The number of carboxylic acid groups (broad SMARTS) is 2. The number of aldehydes is 1. The summed E-state index contributed by atoms with van der Waals surface area (Å²) in [4.78, 5) is 28.5. The Hall–Kier alpha value is -1.45. The number of carbonyl (C=O) groups excluding carboxylic acids is 1. The lowest BCUT2D eigenvalue weighted by molar-refractivity contribution is -0.136. The maximum atomic E-state index is 9.88. The van der Waals surface area contributed by atoms with Gasteiger partial charge in [0.1, 0.15) is 6.29 Å². The van der Waals surface area contributed by atoms with Crippen molar-refractivity contribution >= 4 is 26.5 Å². The molecule has 0 aromatic carbocycles. The van der Waals surface area contributed by atoms with E-state index in [0.717, 1.165) is 0 Å². The van der Waals surface area contributed by atoms with Crippen molar-refractivity contribution in [3.05, 3.63) is 0 Å². The zero-order valence-electron chi connectivity index (χ0n) is 10.6. The van der Waals surface area contributed by atoms with Crippen LogP contribution in [0.2, 0.25) is 0 Å². The highest BCUT2D eigenvalue weighted by molar-refractivity contribution is 7.33. The number of hydrogen-bond donors (Lipinski definition) is 4. The number of nitrogens with two attached hydrogens (primary N) is 1. The molecule has 0 aliphatic heterocycles. The van der Waals surface area contributed by atoms with Crippen molar-refractivity contribution in [1.82, 2.24) is 5.32 Å². The molecule has 0 heterocycles. The Morgan fingerprint density at radius 3 is 1.84 bits per heavy atom. The Bertz CT molecular complexity index is 267.